The summed E-state index contributed by atoms with van der Waals surface area (Å²) in [6, 6.07) is 0. The third kappa shape index (κ3) is 64.1. The fourth-order valence-corrected chi connectivity index (χ4v) is 0. The average Bonchev–Trinajstić information content (AvgIpc) is 1.33. The van der Waals surface area contributed by atoms with Crippen LogP contribution in [-0.2, 0) is 0 Å². The Hall–Kier alpha value is 2.23. The van der Waals surface area contributed by atoms with Crippen molar-refractivity contribution in [2.45, 2.75) is 6.92 Å². The summed E-state index contributed by atoms with van der Waals surface area (Å²) in [5.41, 5.74) is 0. The lowest BCUT2D eigenvalue weighted by atomic mass is 10.8. The van der Waals surface area contributed by atoms with Crippen LogP contribution < -0.4 is 0 Å². The number of hydrogen-bond donors (Lipinski definition) is 0. The van der Waals surface area contributed by atoms with Crippen molar-refractivity contribution in [2.75, 3.05) is 4.43 Å². The lowest BCUT2D eigenvalue weighted by molar-refractivity contribution is 1.58. The normalized spacial score (nSPS) is 6.43. The summed E-state index contributed by atoms with van der Waals surface area (Å²) < 4.78 is 1.49. The molecule has 7 heavy (non-hydrogen) atoms. The van der Waals surface area contributed by atoms with Gasteiger partial charge in [-0.05, 0) is 4.43 Å². The zero-order chi connectivity index (χ0) is 6.28. The van der Waals surface area contributed by atoms with Crippen molar-refractivity contribution in [3.8, 4) is 0 Å². The van der Waals surface area contributed by atoms with Crippen LogP contribution in [0.2, 0.25) is 0 Å². The monoisotopic (exact) mass is 404 g/mol. The second-order valence-corrected chi connectivity index (χ2v) is 8.47. The minimum Gasteiger partial charge on any atom is -0.123 e. The molecular weight excluding hydrogens is 401 g/mol. The largest absolute Gasteiger partial charge is 0.369 e. The average molecular weight is 406 g/mol. The Labute approximate surface area is 83.3 Å². The molecule has 0 N–H and O–H groups in total. The van der Waals surface area contributed by atoms with Crippen molar-refractivity contribution in [3.05, 3.63) is 0 Å². The molecule has 0 aromatic heterocycles. The van der Waals surface area contributed by atoms with Gasteiger partial charge in [0.1, 0.15) is 0 Å². The van der Waals surface area contributed by atoms with Gasteiger partial charge in [-0.2, -0.15) is 0 Å². The first kappa shape index (κ1) is 12.0. The van der Waals surface area contributed by atoms with Crippen LogP contribution in [0.3, 0.4) is 0 Å². The Morgan fingerprint density at radius 1 is 1.43 bits per heavy atom. The first-order valence-corrected chi connectivity index (χ1v) is 5.90. The quantitative estimate of drug-likeness (QED) is 0.328. The molecule has 0 atom stereocenters. The van der Waals surface area contributed by atoms with Crippen LogP contribution in [0.4, 0.5) is 0 Å². The molecule has 0 aliphatic carbocycles. The molecule has 44 valence electrons. The molecule has 0 aliphatic heterocycles. The molecule has 0 saturated carbocycles. The molecule has 0 aliphatic rings. The van der Waals surface area contributed by atoms with E-state index in [0.29, 0.717) is 0 Å². The van der Waals surface area contributed by atoms with E-state index in [9.17, 15) is 0 Å². The Morgan fingerprint density at radius 3 is 1.43 bits per heavy atom. The summed E-state index contributed by atoms with van der Waals surface area (Å²) in [6.45, 7) is 2.11. The third-order valence-electron chi connectivity index (χ3n) is 0. The van der Waals surface area contributed by atoms with Crippen LogP contribution in [0.25, 0.3) is 0 Å². The Balaban J connectivity index is 0. The van der Waals surface area contributed by atoms with E-state index in [0.717, 1.165) is 0 Å². The van der Waals surface area contributed by atoms with Gasteiger partial charge < -0.3 is 0 Å². The van der Waals surface area contributed by atoms with Crippen molar-refractivity contribution >= 4 is 73.0 Å². The molecule has 0 radical (unpaired) electrons. The van der Waals surface area contributed by atoms with Crippen molar-refractivity contribution in [2.24, 2.45) is 0 Å². The van der Waals surface area contributed by atoms with Gasteiger partial charge in [0.25, 0.3) is 0 Å². The van der Waals surface area contributed by atoms with Gasteiger partial charge in [0.2, 0.25) is 0 Å². The highest BCUT2D eigenvalue weighted by molar-refractivity contribution is 14.1. The second kappa shape index (κ2) is 11.1. The maximum absolute atomic E-state index is 3.10. The minimum absolute atomic E-state index is 0.271. The van der Waals surface area contributed by atoms with Crippen LogP contribution in [0.5, 0.6) is 0 Å². The van der Waals surface area contributed by atoms with Crippen molar-refractivity contribution < 1.29 is 0 Å². The van der Waals surface area contributed by atoms with E-state index >= 15 is 0 Å². The standard InChI is InChI=1S/C2H5I.BBr3/c1-2-3;2-1(3)4/h2H2,1H3;. The van der Waals surface area contributed by atoms with E-state index in [1.807, 2.05) is 0 Å². The van der Waals surface area contributed by atoms with Gasteiger partial charge in [0, 0.05) is 0 Å². The zero-order valence-corrected chi connectivity index (χ0v) is 10.7. The van der Waals surface area contributed by atoms with Gasteiger partial charge in [-0.25, -0.2) is 0 Å². The van der Waals surface area contributed by atoms with Crippen LogP contribution >= 0.6 is 69.9 Å². The molecule has 0 bridgehead atoms. The van der Waals surface area contributed by atoms with Crippen LogP contribution in [0.15, 0.2) is 0 Å². The smallest absolute Gasteiger partial charge is 0.123 e. The number of rotatable bonds is 0. The maximum atomic E-state index is 3.10. The molecule has 0 spiro atoms. The summed E-state index contributed by atoms with van der Waals surface area (Å²) in [5, 5.41) is 0. The van der Waals surface area contributed by atoms with E-state index in [4.69, 9.17) is 0 Å². The van der Waals surface area contributed by atoms with Crippen LogP contribution in [0.1, 0.15) is 6.92 Å². The van der Waals surface area contributed by atoms with E-state index in [-0.39, 0.29) is 3.18 Å². The van der Waals surface area contributed by atoms with Crippen LogP contribution in [0, 0.1) is 0 Å². The summed E-state index contributed by atoms with van der Waals surface area (Å²) in [5.74, 6) is 0. The van der Waals surface area contributed by atoms with Gasteiger partial charge in [-0.3, -0.25) is 0 Å². The number of hydrogen-bond acceptors (Lipinski definition) is 0. The summed E-state index contributed by atoms with van der Waals surface area (Å²) in [4.78, 5) is 0. The van der Waals surface area contributed by atoms with Gasteiger partial charge >= 0.3 is 3.18 Å². The van der Waals surface area contributed by atoms with E-state index < -0.39 is 0 Å². The molecule has 0 unspecified atom stereocenters. The minimum atomic E-state index is 0.271. The van der Waals surface area contributed by atoms with E-state index in [1.54, 1.807) is 0 Å². The predicted octanol–water partition coefficient (Wildman–Crippen LogP) is 3.60. The van der Waals surface area contributed by atoms with Gasteiger partial charge in [0.05, 0.1) is 0 Å². The number of alkyl halides is 1. The molecule has 0 saturated heterocycles. The highest BCUT2D eigenvalue weighted by Crippen LogP contribution is 2.07. The molecule has 0 amide bonds. The molecule has 5 heteroatoms. The Morgan fingerprint density at radius 2 is 1.43 bits per heavy atom. The van der Waals surface area contributed by atoms with E-state index in [1.165, 1.54) is 4.43 Å². The van der Waals surface area contributed by atoms with Gasteiger partial charge in [0.15, 0.2) is 0 Å². The summed E-state index contributed by atoms with van der Waals surface area (Å²) in [7, 11) is 0. The predicted molar refractivity (Wildman–Crippen MR) is 57.1 cm³/mol. The second-order valence-electron chi connectivity index (χ2n) is 0.515. The first-order valence-electron chi connectivity index (χ1n) is 1.63. The maximum Gasteiger partial charge on any atom is 0.369 e. The molecule has 0 fully saturated rings. The molecule has 0 heterocycles. The zero-order valence-electron chi connectivity index (χ0n) is 3.80. The Bertz CT molecular complexity index is 24.1. The topological polar surface area (TPSA) is 0 Å². The highest BCUT2D eigenvalue weighted by Gasteiger charge is 1.87. The van der Waals surface area contributed by atoms with Crippen molar-refractivity contribution in [3.63, 3.8) is 0 Å². The highest BCUT2D eigenvalue weighted by atomic mass is 127. The molecule has 0 aromatic rings. The first-order chi connectivity index (χ1) is 3.15. The Kier molecular flexibility index (Phi) is 19.0. The van der Waals surface area contributed by atoms with Crippen molar-refractivity contribution in [1.82, 2.24) is 0 Å². The molecule has 0 aromatic carbocycles. The van der Waals surface area contributed by atoms with Crippen molar-refractivity contribution in [1.29, 1.82) is 0 Å². The molecule has 0 rings (SSSR count). The number of halogens is 4. The lowest BCUT2D eigenvalue weighted by Gasteiger charge is -1.63. The molecule has 0 nitrogen and oxygen atoms in total. The fraction of sp³-hybridized carbons (Fsp3) is 1.00. The van der Waals surface area contributed by atoms with Crippen LogP contribution in [-0.4, -0.2) is 7.61 Å². The summed E-state index contributed by atoms with van der Waals surface area (Å²) in [6.07, 6.45) is 0. The van der Waals surface area contributed by atoms with Gasteiger partial charge in [-0.1, -0.05) is 29.5 Å². The third-order valence-corrected chi connectivity index (χ3v) is 0. The lowest BCUT2D eigenvalue weighted by Crippen LogP contribution is -1.60. The SMILES string of the molecule is BrB(Br)Br.CCI. The summed E-state index contributed by atoms with van der Waals surface area (Å²) >= 11 is 11.6. The van der Waals surface area contributed by atoms with Gasteiger partial charge in [-0.15, -0.1) is 47.3 Å². The fourth-order valence-electron chi connectivity index (χ4n) is 0. The molecular formula is C2H5BBr3I. The van der Waals surface area contributed by atoms with E-state index in [2.05, 4.69) is 76.8 Å².